The van der Waals surface area contributed by atoms with Gasteiger partial charge in [-0.2, -0.15) is 0 Å². The molecular weight excluding hydrogens is 280 g/mol. The Morgan fingerprint density at radius 1 is 1.40 bits per heavy atom. The summed E-state index contributed by atoms with van der Waals surface area (Å²) in [5, 5.41) is 9.16. The van der Waals surface area contributed by atoms with Crippen LogP contribution in [-0.2, 0) is 14.4 Å². The number of carboxylic acids is 1. The first kappa shape index (κ1) is 15.2. The van der Waals surface area contributed by atoms with E-state index in [1.807, 2.05) is 0 Å². The fourth-order valence-electron chi connectivity index (χ4n) is 2.43. The monoisotopic (exact) mass is 300 g/mol. The van der Waals surface area contributed by atoms with E-state index in [4.69, 9.17) is 5.11 Å². The van der Waals surface area contributed by atoms with Crippen molar-refractivity contribution in [1.82, 2.24) is 9.80 Å². The fraction of sp³-hybridized carbons (Fsp3) is 0.769. The molecule has 1 N–H and O–H groups in total. The average molecular weight is 300 g/mol. The van der Waals surface area contributed by atoms with E-state index in [1.165, 1.54) is 11.8 Å². The lowest BCUT2D eigenvalue weighted by Gasteiger charge is -2.32. The summed E-state index contributed by atoms with van der Waals surface area (Å²) in [6.07, 6.45) is 2.07. The number of amides is 2. The van der Waals surface area contributed by atoms with E-state index in [-0.39, 0.29) is 17.9 Å². The van der Waals surface area contributed by atoms with Crippen LogP contribution in [0.25, 0.3) is 0 Å². The second kappa shape index (κ2) is 6.03. The van der Waals surface area contributed by atoms with Gasteiger partial charge in [0.1, 0.15) is 12.1 Å². The van der Waals surface area contributed by atoms with Crippen LogP contribution in [0, 0.1) is 0 Å². The van der Waals surface area contributed by atoms with Crippen molar-refractivity contribution in [1.29, 1.82) is 0 Å². The molecule has 0 spiro atoms. The lowest BCUT2D eigenvalue weighted by molar-refractivity contribution is -0.153. The van der Waals surface area contributed by atoms with Gasteiger partial charge in [0.25, 0.3) is 0 Å². The zero-order valence-corrected chi connectivity index (χ0v) is 12.6. The van der Waals surface area contributed by atoms with Crippen LogP contribution in [0.1, 0.15) is 33.1 Å². The summed E-state index contributed by atoms with van der Waals surface area (Å²) in [6.45, 7) is 3.30. The highest BCUT2D eigenvalue weighted by atomic mass is 32.2. The predicted molar refractivity (Wildman–Crippen MR) is 75.2 cm³/mol. The topological polar surface area (TPSA) is 77.9 Å². The molecule has 1 saturated heterocycles. The van der Waals surface area contributed by atoms with Crippen molar-refractivity contribution in [3.05, 3.63) is 0 Å². The third kappa shape index (κ3) is 2.92. The van der Waals surface area contributed by atoms with Crippen LogP contribution in [0.5, 0.6) is 0 Å². The Hall–Kier alpha value is -1.24. The second-order valence-corrected chi connectivity index (χ2v) is 6.22. The third-order valence-electron chi connectivity index (χ3n) is 3.76. The zero-order valence-electron chi connectivity index (χ0n) is 11.7. The highest BCUT2D eigenvalue weighted by Gasteiger charge is 2.44. The van der Waals surface area contributed by atoms with Crippen LogP contribution in [0.15, 0.2) is 0 Å². The van der Waals surface area contributed by atoms with Gasteiger partial charge in [-0.15, -0.1) is 11.8 Å². The van der Waals surface area contributed by atoms with Crippen LogP contribution in [0.2, 0.25) is 0 Å². The highest BCUT2D eigenvalue weighted by Crippen LogP contribution is 2.32. The molecule has 1 saturated carbocycles. The molecule has 0 aromatic rings. The Kier molecular flexibility index (Phi) is 4.57. The number of aliphatic carboxylic acids is 1. The first-order valence-corrected chi connectivity index (χ1v) is 8.05. The molecule has 1 aliphatic carbocycles. The number of rotatable bonds is 5. The van der Waals surface area contributed by atoms with E-state index in [9.17, 15) is 14.4 Å². The summed E-state index contributed by atoms with van der Waals surface area (Å²) < 4.78 is 0. The maximum atomic E-state index is 12.7. The molecule has 2 unspecified atom stereocenters. The SMILES string of the molecule is CCC(=O)N1CSCC1C(=O)N(C1CC1)C(C)C(=O)O. The van der Waals surface area contributed by atoms with Crippen molar-refractivity contribution in [2.75, 3.05) is 11.6 Å². The van der Waals surface area contributed by atoms with Crippen LogP contribution < -0.4 is 0 Å². The minimum Gasteiger partial charge on any atom is -0.480 e. The molecule has 1 aliphatic heterocycles. The fourth-order valence-corrected chi connectivity index (χ4v) is 3.60. The Morgan fingerprint density at radius 2 is 2.05 bits per heavy atom. The quantitative estimate of drug-likeness (QED) is 0.811. The van der Waals surface area contributed by atoms with Gasteiger partial charge in [-0.1, -0.05) is 6.92 Å². The van der Waals surface area contributed by atoms with Gasteiger partial charge in [-0.3, -0.25) is 9.59 Å². The van der Waals surface area contributed by atoms with E-state index in [2.05, 4.69) is 0 Å². The number of hydrogen-bond donors (Lipinski definition) is 1. The predicted octanol–water partition coefficient (Wildman–Crippen LogP) is 0.762. The molecule has 2 aliphatic rings. The number of carbonyl (C=O) groups is 3. The van der Waals surface area contributed by atoms with Crippen LogP contribution in [0.4, 0.5) is 0 Å². The average Bonchev–Trinajstić information content (AvgIpc) is 3.12. The van der Waals surface area contributed by atoms with Crippen molar-refractivity contribution in [2.24, 2.45) is 0 Å². The standard InChI is InChI=1S/C13H20N2O4S/c1-3-11(16)14-7-20-6-10(14)12(17)15(9-4-5-9)8(2)13(18)19/h8-10H,3-7H2,1-2H3,(H,18,19). The van der Waals surface area contributed by atoms with Gasteiger partial charge in [0.15, 0.2) is 0 Å². The molecule has 0 aromatic carbocycles. The van der Waals surface area contributed by atoms with Crippen molar-refractivity contribution in [3.63, 3.8) is 0 Å². The van der Waals surface area contributed by atoms with Crippen molar-refractivity contribution in [2.45, 2.75) is 51.2 Å². The largest absolute Gasteiger partial charge is 0.480 e. The molecule has 2 fully saturated rings. The number of nitrogens with zero attached hydrogens (tertiary/aromatic N) is 2. The van der Waals surface area contributed by atoms with Crippen LogP contribution >= 0.6 is 11.8 Å². The molecule has 2 amide bonds. The van der Waals surface area contributed by atoms with E-state index in [0.717, 1.165) is 12.8 Å². The molecular formula is C13H20N2O4S. The molecule has 2 atom stereocenters. The van der Waals surface area contributed by atoms with Gasteiger partial charge in [0, 0.05) is 18.2 Å². The van der Waals surface area contributed by atoms with Crippen LogP contribution in [0.3, 0.4) is 0 Å². The first-order valence-electron chi connectivity index (χ1n) is 6.89. The second-order valence-electron chi connectivity index (χ2n) is 5.22. The maximum absolute atomic E-state index is 12.7. The third-order valence-corrected chi connectivity index (χ3v) is 4.77. The van der Waals surface area contributed by atoms with Gasteiger partial charge in [0.05, 0.1) is 5.88 Å². The van der Waals surface area contributed by atoms with Crippen LogP contribution in [-0.4, -0.2) is 62.4 Å². The van der Waals surface area contributed by atoms with Gasteiger partial charge in [-0.25, -0.2) is 4.79 Å². The number of carboxylic acid groups (broad SMARTS) is 1. The Labute approximate surface area is 122 Å². The lowest BCUT2D eigenvalue weighted by atomic mass is 10.2. The Morgan fingerprint density at radius 3 is 2.55 bits per heavy atom. The maximum Gasteiger partial charge on any atom is 0.326 e. The summed E-state index contributed by atoms with van der Waals surface area (Å²) in [4.78, 5) is 38.8. The van der Waals surface area contributed by atoms with Crippen molar-refractivity contribution >= 4 is 29.5 Å². The zero-order chi connectivity index (χ0) is 14.9. The number of carbonyl (C=O) groups excluding carboxylic acids is 2. The lowest BCUT2D eigenvalue weighted by Crippen LogP contribution is -2.54. The van der Waals surface area contributed by atoms with Gasteiger partial charge in [-0.05, 0) is 19.8 Å². The normalized spacial score (nSPS) is 23.5. The van der Waals surface area contributed by atoms with Gasteiger partial charge < -0.3 is 14.9 Å². The molecule has 2 rings (SSSR count). The minimum absolute atomic E-state index is 0.0257. The van der Waals surface area contributed by atoms with E-state index >= 15 is 0 Å². The van der Waals surface area contributed by atoms with Crippen molar-refractivity contribution in [3.8, 4) is 0 Å². The first-order chi connectivity index (χ1) is 9.47. The molecule has 1 heterocycles. The summed E-state index contributed by atoms with van der Waals surface area (Å²) >= 11 is 1.54. The molecule has 112 valence electrons. The summed E-state index contributed by atoms with van der Waals surface area (Å²) in [5.74, 6) is -0.186. The molecule has 20 heavy (non-hydrogen) atoms. The van der Waals surface area contributed by atoms with Gasteiger partial charge in [0.2, 0.25) is 11.8 Å². The Bertz CT molecular complexity index is 425. The van der Waals surface area contributed by atoms with E-state index < -0.39 is 18.1 Å². The molecule has 6 nitrogen and oxygen atoms in total. The van der Waals surface area contributed by atoms with Crippen molar-refractivity contribution < 1.29 is 19.5 Å². The molecule has 0 bridgehead atoms. The number of thioether (sulfide) groups is 1. The highest BCUT2D eigenvalue weighted by molar-refractivity contribution is 7.99. The van der Waals surface area contributed by atoms with E-state index in [1.54, 1.807) is 23.6 Å². The smallest absolute Gasteiger partial charge is 0.326 e. The van der Waals surface area contributed by atoms with E-state index in [0.29, 0.717) is 18.1 Å². The summed E-state index contributed by atoms with van der Waals surface area (Å²) in [7, 11) is 0. The van der Waals surface area contributed by atoms with Gasteiger partial charge >= 0.3 is 5.97 Å². The summed E-state index contributed by atoms with van der Waals surface area (Å²) in [6, 6.07) is -1.31. The minimum atomic E-state index is -0.996. The molecule has 0 aromatic heterocycles. The Balaban J connectivity index is 2.14. The molecule has 7 heteroatoms. The molecule has 0 radical (unpaired) electrons. The number of hydrogen-bond acceptors (Lipinski definition) is 4. The summed E-state index contributed by atoms with van der Waals surface area (Å²) in [5.41, 5.74) is 0.